The number of nitrogens with one attached hydrogen (secondary N) is 1. The van der Waals surface area contributed by atoms with Gasteiger partial charge in [0.05, 0.1) is 11.0 Å². The molecular weight excluding hydrogens is 518 g/mol. The highest BCUT2D eigenvalue weighted by Crippen LogP contribution is 2.28. The second-order valence-electron chi connectivity index (χ2n) is 10.4. The molecule has 1 N–H and O–H groups in total. The van der Waals surface area contributed by atoms with Crippen LogP contribution in [0.5, 0.6) is 5.75 Å². The van der Waals surface area contributed by atoms with Gasteiger partial charge in [0.25, 0.3) is 5.91 Å². The molecule has 0 bridgehead atoms. The maximum Gasteiger partial charge on any atom is 0.251 e. The van der Waals surface area contributed by atoms with Gasteiger partial charge in [-0.1, -0.05) is 97.1 Å². The Kier molecular flexibility index (Phi) is 8.09. The van der Waals surface area contributed by atoms with Crippen molar-refractivity contribution in [2.24, 2.45) is 0 Å². The van der Waals surface area contributed by atoms with Crippen molar-refractivity contribution in [3.8, 4) is 16.9 Å². The summed E-state index contributed by atoms with van der Waals surface area (Å²) < 4.78 is 8.51. The van der Waals surface area contributed by atoms with Gasteiger partial charge in [0.2, 0.25) is 0 Å². The number of carbonyl (C=O) groups is 1. The average Bonchev–Trinajstić information content (AvgIpc) is 3.40. The minimum Gasteiger partial charge on any atom is -0.483 e. The predicted molar refractivity (Wildman–Crippen MR) is 169 cm³/mol. The summed E-state index contributed by atoms with van der Waals surface area (Å²) in [6.45, 7) is 3.21. The lowest BCUT2D eigenvalue weighted by molar-refractivity contribution is 0.0954. The fraction of sp³-hybridized carbons (Fsp3) is 0.135. The van der Waals surface area contributed by atoms with Crippen LogP contribution >= 0.6 is 0 Å². The highest BCUT2D eigenvalue weighted by molar-refractivity contribution is 5.97. The summed E-state index contributed by atoms with van der Waals surface area (Å²) in [6.07, 6.45) is 0.476. The van der Waals surface area contributed by atoms with Gasteiger partial charge in [0.1, 0.15) is 5.75 Å². The van der Waals surface area contributed by atoms with Gasteiger partial charge in [0, 0.05) is 18.7 Å². The second-order valence-corrected chi connectivity index (χ2v) is 10.4. The van der Waals surface area contributed by atoms with E-state index in [0.29, 0.717) is 18.7 Å². The van der Waals surface area contributed by atoms with Crippen molar-refractivity contribution in [1.29, 1.82) is 0 Å². The van der Waals surface area contributed by atoms with Crippen LogP contribution in [0.3, 0.4) is 0 Å². The topological polar surface area (TPSA) is 56.1 Å². The number of nitrogens with zero attached hydrogens (tertiary/aromatic N) is 2. The van der Waals surface area contributed by atoms with Crippen LogP contribution in [-0.2, 0) is 13.0 Å². The Morgan fingerprint density at radius 2 is 1.43 bits per heavy atom. The van der Waals surface area contributed by atoms with E-state index in [1.807, 2.05) is 79.7 Å². The zero-order chi connectivity index (χ0) is 28.7. The third-order valence-electron chi connectivity index (χ3n) is 7.38. The molecule has 0 saturated heterocycles. The molecule has 0 aliphatic rings. The second kappa shape index (κ2) is 12.6. The molecule has 6 aromatic rings. The minimum atomic E-state index is -0.305. The number of hydrogen-bond acceptors (Lipinski definition) is 3. The number of carbonyl (C=O) groups excluding carboxylic acids is 1. The maximum atomic E-state index is 13.0. The predicted octanol–water partition coefficient (Wildman–Crippen LogP) is 7.86. The normalized spacial score (nSPS) is 11.7. The highest BCUT2D eigenvalue weighted by Gasteiger charge is 2.20. The van der Waals surface area contributed by atoms with Crippen molar-refractivity contribution in [2.75, 3.05) is 6.54 Å². The third-order valence-corrected chi connectivity index (χ3v) is 7.38. The van der Waals surface area contributed by atoms with E-state index in [1.165, 1.54) is 16.7 Å². The van der Waals surface area contributed by atoms with E-state index >= 15 is 0 Å². The summed E-state index contributed by atoms with van der Waals surface area (Å²) >= 11 is 0. The Morgan fingerprint density at radius 3 is 2.19 bits per heavy atom. The van der Waals surface area contributed by atoms with E-state index in [-0.39, 0.29) is 12.0 Å². The summed E-state index contributed by atoms with van der Waals surface area (Å²) in [5.74, 6) is 1.49. The number of para-hydroxylation sites is 1. The quantitative estimate of drug-likeness (QED) is 0.189. The number of benzene rings is 5. The smallest absolute Gasteiger partial charge is 0.251 e. The first-order valence-corrected chi connectivity index (χ1v) is 14.3. The van der Waals surface area contributed by atoms with Gasteiger partial charge in [0.15, 0.2) is 11.9 Å². The van der Waals surface area contributed by atoms with Crippen LogP contribution in [0.4, 0.5) is 0 Å². The number of imidazole rings is 1. The molecule has 0 aliphatic heterocycles. The lowest BCUT2D eigenvalue weighted by Gasteiger charge is -2.17. The van der Waals surface area contributed by atoms with Crippen LogP contribution in [0.1, 0.15) is 40.3 Å². The number of amides is 1. The first-order chi connectivity index (χ1) is 20.6. The molecule has 5 aromatic carbocycles. The summed E-state index contributed by atoms with van der Waals surface area (Å²) in [4.78, 5) is 18.1. The van der Waals surface area contributed by atoms with Crippen molar-refractivity contribution < 1.29 is 9.53 Å². The van der Waals surface area contributed by atoms with E-state index in [2.05, 4.69) is 70.5 Å². The molecule has 0 fully saturated rings. The number of aromatic nitrogens is 2. The zero-order valence-corrected chi connectivity index (χ0v) is 23.6. The Balaban J connectivity index is 1.30. The molecular formula is C37H33N3O2. The monoisotopic (exact) mass is 551 g/mol. The molecule has 208 valence electrons. The number of rotatable bonds is 10. The van der Waals surface area contributed by atoms with Gasteiger partial charge in [-0.3, -0.25) is 4.79 Å². The van der Waals surface area contributed by atoms with E-state index in [1.54, 1.807) is 0 Å². The van der Waals surface area contributed by atoms with Crippen molar-refractivity contribution in [2.45, 2.75) is 26.0 Å². The van der Waals surface area contributed by atoms with E-state index in [0.717, 1.165) is 34.6 Å². The molecule has 1 atom stereocenters. The Bertz CT molecular complexity index is 1780. The zero-order valence-electron chi connectivity index (χ0n) is 23.6. The van der Waals surface area contributed by atoms with Crippen molar-refractivity contribution in [3.05, 3.63) is 156 Å². The SMILES string of the molecule is CC(Oc1ccccc1)c1nc2cc(C(=O)NCCc3ccccc3)ccc2n1Cc1cccc(-c2ccccc2)c1. The van der Waals surface area contributed by atoms with Gasteiger partial charge < -0.3 is 14.6 Å². The largest absolute Gasteiger partial charge is 0.483 e. The molecule has 6 rings (SSSR count). The molecule has 5 heteroatoms. The number of ether oxygens (including phenoxy) is 1. The lowest BCUT2D eigenvalue weighted by Crippen LogP contribution is -2.25. The summed E-state index contributed by atoms with van der Waals surface area (Å²) in [7, 11) is 0. The fourth-order valence-electron chi connectivity index (χ4n) is 5.25. The molecule has 1 amide bonds. The van der Waals surface area contributed by atoms with Crippen LogP contribution in [0.2, 0.25) is 0 Å². The van der Waals surface area contributed by atoms with Gasteiger partial charge >= 0.3 is 0 Å². The molecule has 0 aliphatic carbocycles. The Labute approximate surface area is 246 Å². The van der Waals surface area contributed by atoms with Crippen LogP contribution in [-0.4, -0.2) is 22.0 Å². The molecule has 0 spiro atoms. The summed E-state index contributed by atoms with van der Waals surface area (Å²) in [6, 6.07) is 44.7. The molecule has 1 aromatic heterocycles. The fourth-order valence-corrected chi connectivity index (χ4v) is 5.25. The van der Waals surface area contributed by atoms with Gasteiger partial charge in [-0.05, 0) is 72.0 Å². The molecule has 1 unspecified atom stereocenters. The summed E-state index contributed by atoms with van der Waals surface area (Å²) in [5, 5.41) is 3.05. The Hall–Kier alpha value is -5.16. The third kappa shape index (κ3) is 6.26. The van der Waals surface area contributed by atoms with Gasteiger partial charge in [-0.2, -0.15) is 0 Å². The lowest BCUT2D eigenvalue weighted by atomic mass is 10.0. The van der Waals surface area contributed by atoms with Crippen LogP contribution in [0.15, 0.2) is 133 Å². The first-order valence-electron chi connectivity index (χ1n) is 14.3. The summed E-state index contributed by atoms with van der Waals surface area (Å²) in [5.41, 5.74) is 7.02. The molecule has 0 saturated carbocycles. The molecule has 0 radical (unpaired) electrons. The van der Waals surface area contributed by atoms with Crippen LogP contribution < -0.4 is 10.1 Å². The van der Waals surface area contributed by atoms with E-state index < -0.39 is 0 Å². The van der Waals surface area contributed by atoms with Crippen molar-refractivity contribution in [1.82, 2.24) is 14.9 Å². The number of hydrogen-bond donors (Lipinski definition) is 1. The van der Waals surface area contributed by atoms with E-state index in [4.69, 9.17) is 9.72 Å². The van der Waals surface area contributed by atoms with Crippen LogP contribution in [0.25, 0.3) is 22.2 Å². The average molecular weight is 552 g/mol. The highest BCUT2D eigenvalue weighted by atomic mass is 16.5. The van der Waals surface area contributed by atoms with E-state index in [9.17, 15) is 4.79 Å². The maximum absolute atomic E-state index is 13.0. The van der Waals surface area contributed by atoms with Crippen molar-refractivity contribution >= 4 is 16.9 Å². The van der Waals surface area contributed by atoms with Gasteiger partial charge in [-0.25, -0.2) is 4.98 Å². The first kappa shape index (κ1) is 27.0. The van der Waals surface area contributed by atoms with Crippen LogP contribution in [0, 0.1) is 0 Å². The van der Waals surface area contributed by atoms with Crippen molar-refractivity contribution in [3.63, 3.8) is 0 Å². The standard InChI is InChI=1S/C37H33N3O2/c1-27(42-33-18-9-4-10-19-33)36-39-34-25-32(37(41)38-23-22-28-12-5-2-6-13-28)20-21-35(34)40(36)26-29-14-11-17-31(24-29)30-15-7-3-8-16-30/h2-21,24-25,27H,22-23,26H2,1H3,(H,38,41). The minimum absolute atomic E-state index is 0.104. The molecule has 42 heavy (non-hydrogen) atoms. The number of fused-ring (bicyclic) bond motifs is 1. The molecule has 5 nitrogen and oxygen atoms in total. The Morgan fingerprint density at radius 1 is 0.762 bits per heavy atom. The molecule has 1 heterocycles. The van der Waals surface area contributed by atoms with Gasteiger partial charge in [-0.15, -0.1) is 0 Å².